The molecule has 2 N–H and O–H groups in total. The van der Waals surface area contributed by atoms with E-state index >= 15 is 0 Å². The maximum Gasteiger partial charge on any atom is 0.134 e. The predicted octanol–water partition coefficient (Wildman–Crippen LogP) is 5.87. The van der Waals surface area contributed by atoms with Gasteiger partial charge < -0.3 is 15.3 Å². The van der Waals surface area contributed by atoms with E-state index in [-0.39, 0.29) is 5.75 Å². The lowest BCUT2D eigenvalue weighted by atomic mass is 10.0. The lowest BCUT2D eigenvalue weighted by Gasteiger charge is -2.13. The molecule has 0 aliphatic heterocycles. The van der Waals surface area contributed by atoms with Crippen molar-refractivity contribution < 1.29 is 5.11 Å². The van der Waals surface area contributed by atoms with Crippen molar-refractivity contribution >= 4 is 33.9 Å². The van der Waals surface area contributed by atoms with Crippen LogP contribution in [0.4, 0.5) is 11.4 Å². The van der Waals surface area contributed by atoms with Crippen LogP contribution in [0.5, 0.6) is 5.75 Å². The van der Waals surface area contributed by atoms with E-state index in [4.69, 9.17) is 11.6 Å². The van der Waals surface area contributed by atoms with Crippen LogP contribution in [0.15, 0.2) is 66.9 Å². The first kappa shape index (κ1) is 19.2. The lowest BCUT2D eigenvalue weighted by molar-refractivity contribution is 0.402. The molecule has 0 unspecified atom stereocenters. The van der Waals surface area contributed by atoms with Crippen LogP contribution >= 0.6 is 11.6 Å². The Morgan fingerprint density at radius 2 is 1.72 bits per heavy atom. The van der Waals surface area contributed by atoms with Crippen molar-refractivity contribution in [2.24, 2.45) is 0 Å². The van der Waals surface area contributed by atoms with E-state index in [9.17, 15) is 5.11 Å². The van der Waals surface area contributed by atoms with Crippen LogP contribution in [-0.4, -0.2) is 29.1 Å². The fraction of sp³-hybridized carbons (Fsp3) is 0.125. The van der Waals surface area contributed by atoms with Gasteiger partial charge in [0, 0.05) is 29.9 Å². The van der Waals surface area contributed by atoms with Crippen LogP contribution in [0.25, 0.3) is 22.0 Å². The van der Waals surface area contributed by atoms with Crippen molar-refractivity contribution in [2.45, 2.75) is 6.54 Å². The molecule has 0 spiro atoms. The summed E-state index contributed by atoms with van der Waals surface area (Å²) in [6.45, 7) is 0.906. The van der Waals surface area contributed by atoms with Crippen molar-refractivity contribution in [3.8, 4) is 16.9 Å². The van der Waals surface area contributed by atoms with Crippen molar-refractivity contribution in [3.05, 3.63) is 83.5 Å². The molecule has 145 valence electrons. The second kappa shape index (κ2) is 8.11. The third kappa shape index (κ3) is 4.34. The Balaban J connectivity index is 1.68. The summed E-state index contributed by atoms with van der Waals surface area (Å²) in [6, 6.07) is 22.8. The molecule has 4 rings (SSSR count). The Kier molecular flexibility index (Phi) is 5.38. The third-order valence-corrected chi connectivity index (χ3v) is 4.98. The van der Waals surface area contributed by atoms with Gasteiger partial charge >= 0.3 is 0 Å². The van der Waals surface area contributed by atoms with Crippen LogP contribution in [-0.2, 0) is 6.54 Å². The Morgan fingerprint density at radius 3 is 2.45 bits per heavy atom. The van der Waals surface area contributed by atoms with Gasteiger partial charge in [0.25, 0.3) is 0 Å². The van der Waals surface area contributed by atoms with Gasteiger partial charge in [-0.05, 0) is 67.2 Å². The maximum atomic E-state index is 9.68. The lowest BCUT2D eigenvalue weighted by Crippen LogP contribution is -2.10. The molecule has 1 aromatic heterocycles. The van der Waals surface area contributed by atoms with Crippen LogP contribution in [0, 0.1) is 6.07 Å². The number of aromatic hydroxyl groups is 1. The molecule has 4 nitrogen and oxygen atoms in total. The Morgan fingerprint density at radius 1 is 1.00 bits per heavy atom. The topological polar surface area (TPSA) is 48.4 Å². The number of phenols is 1. The van der Waals surface area contributed by atoms with Gasteiger partial charge in [0.1, 0.15) is 5.75 Å². The number of fused-ring (bicyclic) bond motifs is 1. The molecule has 4 aromatic rings. The zero-order chi connectivity index (χ0) is 20.4. The Labute approximate surface area is 175 Å². The number of halogens is 1. The molecule has 5 heteroatoms. The second-order valence-corrected chi connectivity index (χ2v) is 7.64. The fourth-order valence-electron chi connectivity index (χ4n) is 3.27. The zero-order valence-electron chi connectivity index (χ0n) is 16.3. The summed E-state index contributed by atoms with van der Waals surface area (Å²) in [4.78, 5) is 6.57. The summed E-state index contributed by atoms with van der Waals surface area (Å²) >= 11 is 6.08. The van der Waals surface area contributed by atoms with E-state index in [2.05, 4.69) is 65.7 Å². The molecule has 0 saturated carbocycles. The third-order valence-electron chi connectivity index (χ3n) is 4.68. The first-order valence-corrected chi connectivity index (χ1v) is 9.67. The number of anilines is 2. The van der Waals surface area contributed by atoms with Crippen LogP contribution in [0.3, 0.4) is 0 Å². The van der Waals surface area contributed by atoms with E-state index in [1.54, 1.807) is 18.3 Å². The van der Waals surface area contributed by atoms with Crippen molar-refractivity contribution in [1.82, 2.24) is 9.88 Å². The van der Waals surface area contributed by atoms with Crippen LogP contribution < -0.4 is 5.32 Å². The number of benzene rings is 3. The molecule has 1 heterocycles. The monoisotopic (exact) mass is 402 g/mol. The van der Waals surface area contributed by atoms with Gasteiger partial charge in [-0.2, -0.15) is 0 Å². The number of hydrogen-bond donors (Lipinski definition) is 2. The maximum absolute atomic E-state index is 9.68. The number of nitrogens with zero attached hydrogens (tertiary/aromatic N) is 2. The predicted molar refractivity (Wildman–Crippen MR) is 120 cm³/mol. The van der Waals surface area contributed by atoms with Gasteiger partial charge in [-0.3, -0.25) is 4.98 Å². The van der Waals surface area contributed by atoms with Crippen LogP contribution in [0.1, 0.15) is 5.56 Å². The molecule has 0 fully saturated rings. The van der Waals surface area contributed by atoms with Crippen LogP contribution in [0.2, 0.25) is 5.02 Å². The normalized spacial score (nSPS) is 11.2. The SMILES string of the molecule is CN(C)Cc1ccc(Nc2[c]cnc3ccc(-c4ccc(O)c(Cl)c4)cc23)cc1. The first-order chi connectivity index (χ1) is 14.0. The Hall–Kier alpha value is -3.08. The van der Waals surface area contributed by atoms with Gasteiger partial charge in [0.15, 0.2) is 0 Å². The molecule has 0 aliphatic rings. The molecular weight excluding hydrogens is 382 g/mol. The number of hydrogen-bond acceptors (Lipinski definition) is 4. The largest absolute Gasteiger partial charge is 0.506 e. The summed E-state index contributed by atoms with van der Waals surface area (Å²) < 4.78 is 0. The highest BCUT2D eigenvalue weighted by molar-refractivity contribution is 6.32. The van der Waals surface area contributed by atoms with Gasteiger partial charge in [-0.25, -0.2) is 0 Å². The highest BCUT2D eigenvalue weighted by atomic mass is 35.5. The quantitative estimate of drug-likeness (QED) is 0.438. The smallest absolute Gasteiger partial charge is 0.134 e. The van der Waals surface area contributed by atoms with E-state index in [1.165, 1.54) is 5.56 Å². The van der Waals surface area contributed by atoms with Gasteiger partial charge in [0.2, 0.25) is 0 Å². The molecule has 0 aliphatic carbocycles. The molecular formula is C24H21ClN3O. The molecule has 29 heavy (non-hydrogen) atoms. The Bertz CT molecular complexity index is 1160. The summed E-state index contributed by atoms with van der Waals surface area (Å²) in [7, 11) is 4.12. The summed E-state index contributed by atoms with van der Waals surface area (Å²) in [5.74, 6) is 0.0753. The van der Waals surface area contributed by atoms with Crippen molar-refractivity contribution in [3.63, 3.8) is 0 Å². The number of aromatic nitrogens is 1. The fourth-order valence-corrected chi connectivity index (χ4v) is 3.45. The molecule has 3 aromatic carbocycles. The number of nitrogens with one attached hydrogen (secondary N) is 1. The standard InChI is InChI=1S/C24H21ClN3O/c1-28(2)15-16-3-7-19(8-4-16)27-23-11-12-26-22-9-5-17(13-20(22)23)18-6-10-24(29)21(25)14-18/h3-10,12-14,29H,15H2,1-2H3,(H,26,27). The molecule has 0 saturated heterocycles. The minimum absolute atomic E-state index is 0.0753. The minimum atomic E-state index is 0.0753. The number of phenolic OH excluding ortho intramolecular Hbond substituents is 1. The van der Waals surface area contributed by atoms with Gasteiger partial charge in [0.05, 0.1) is 16.2 Å². The highest BCUT2D eigenvalue weighted by Gasteiger charge is 2.08. The van der Waals surface area contributed by atoms with Gasteiger partial charge in [-0.15, -0.1) is 0 Å². The molecule has 0 atom stereocenters. The molecule has 0 amide bonds. The van der Waals surface area contributed by atoms with Crippen molar-refractivity contribution in [1.29, 1.82) is 0 Å². The van der Waals surface area contributed by atoms with Crippen molar-refractivity contribution in [2.75, 3.05) is 19.4 Å². The van der Waals surface area contributed by atoms with E-state index in [1.807, 2.05) is 18.2 Å². The van der Waals surface area contributed by atoms with E-state index in [0.717, 1.165) is 39.9 Å². The average molecular weight is 403 g/mol. The molecule has 0 bridgehead atoms. The summed E-state index contributed by atoms with van der Waals surface area (Å²) in [6.07, 6.45) is 1.68. The summed E-state index contributed by atoms with van der Waals surface area (Å²) in [5, 5.41) is 14.4. The second-order valence-electron chi connectivity index (χ2n) is 7.24. The zero-order valence-corrected chi connectivity index (χ0v) is 17.0. The highest BCUT2D eigenvalue weighted by Crippen LogP contribution is 2.33. The average Bonchev–Trinajstić information content (AvgIpc) is 2.71. The molecule has 1 radical (unpaired) electrons. The van der Waals surface area contributed by atoms with Gasteiger partial charge in [-0.1, -0.05) is 35.9 Å². The first-order valence-electron chi connectivity index (χ1n) is 9.29. The number of rotatable bonds is 5. The van der Waals surface area contributed by atoms with E-state index in [0.29, 0.717) is 5.02 Å². The number of pyridine rings is 1. The minimum Gasteiger partial charge on any atom is -0.506 e. The van der Waals surface area contributed by atoms with E-state index < -0.39 is 0 Å². The summed E-state index contributed by atoms with van der Waals surface area (Å²) in [5.41, 5.74) is 5.92.